The molecule has 1 aromatic carbocycles. The standard InChI is InChI=1S/C16H23NO4/c1-11(17(5)15(20)21-16(2,3)4)10-12-8-6-7-9-13(12)14(18)19/h6-9,11H,10H2,1-5H3,(H,18,19)/t11-/m1/s1. The number of benzene rings is 1. The van der Waals surface area contributed by atoms with Gasteiger partial charge in [-0.25, -0.2) is 9.59 Å². The Morgan fingerprint density at radius 3 is 2.38 bits per heavy atom. The average Bonchev–Trinajstić information content (AvgIpc) is 2.36. The molecule has 5 nitrogen and oxygen atoms in total. The molecule has 0 saturated heterocycles. The van der Waals surface area contributed by atoms with Gasteiger partial charge in [0, 0.05) is 13.1 Å². The van der Waals surface area contributed by atoms with Gasteiger partial charge in [0.25, 0.3) is 0 Å². The molecular weight excluding hydrogens is 270 g/mol. The van der Waals surface area contributed by atoms with E-state index in [-0.39, 0.29) is 11.6 Å². The number of hydrogen-bond donors (Lipinski definition) is 1. The number of hydrogen-bond acceptors (Lipinski definition) is 3. The molecule has 0 heterocycles. The van der Waals surface area contributed by atoms with Gasteiger partial charge in [0.15, 0.2) is 0 Å². The number of rotatable bonds is 4. The summed E-state index contributed by atoms with van der Waals surface area (Å²) in [6.07, 6.45) is 0.0425. The van der Waals surface area contributed by atoms with E-state index in [1.165, 1.54) is 4.90 Å². The van der Waals surface area contributed by atoms with Crippen molar-refractivity contribution in [2.45, 2.75) is 45.8 Å². The largest absolute Gasteiger partial charge is 0.478 e. The van der Waals surface area contributed by atoms with E-state index in [1.807, 2.05) is 27.7 Å². The lowest BCUT2D eigenvalue weighted by Gasteiger charge is -2.29. The second-order valence-electron chi connectivity index (χ2n) is 6.11. The lowest BCUT2D eigenvalue weighted by Crippen LogP contribution is -2.40. The molecule has 0 bridgehead atoms. The van der Waals surface area contributed by atoms with Gasteiger partial charge in [-0.2, -0.15) is 0 Å². The van der Waals surface area contributed by atoms with Crippen molar-refractivity contribution in [1.82, 2.24) is 4.90 Å². The summed E-state index contributed by atoms with van der Waals surface area (Å²) in [5, 5.41) is 9.17. The molecule has 0 aromatic heterocycles. The molecule has 0 unspecified atom stereocenters. The Balaban J connectivity index is 2.79. The third-order valence-electron chi connectivity index (χ3n) is 3.11. The van der Waals surface area contributed by atoms with Crippen LogP contribution in [0, 0.1) is 0 Å². The van der Waals surface area contributed by atoms with Gasteiger partial charge in [-0.15, -0.1) is 0 Å². The fraction of sp³-hybridized carbons (Fsp3) is 0.500. The molecule has 0 spiro atoms. The predicted molar refractivity (Wildman–Crippen MR) is 80.6 cm³/mol. The van der Waals surface area contributed by atoms with Crippen LogP contribution in [0.3, 0.4) is 0 Å². The van der Waals surface area contributed by atoms with Crippen LogP contribution in [-0.2, 0) is 11.2 Å². The van der Waals surface area contributed by atoms with E-state index in [0.717, 1.165) is 0 Å². The monoisotopic (exact) mass is 293 g/mol. The minimum Gasteiger partial charge on any atom is -0.478 e. The van der Waals surface area contributed by atoms with Gasteiger partial charge in [0.1, 0.15) is 5.60 Å². The molecule has 1 aromatic rings. The van der Waals surface area contributed by atoms with E-state index in [0.29, 0.717) is 12.0 Å². The number of nitrogens with zero attached hydrogens (tertiary/aromatic N) is 1. The SMILES string of the molecule is C[C@H](Cc1ccccc1C(=O)O)N(C)C(=O)OC(C)(C)C. The first-order valence-corrected chi connectivity index (χ1v) is 6.89. The molecule has 116 valence electrons. The number of aromatic carboxylic acids is 1. The zero-order chi connectivity index (χ0) is 16.2. The number of carboxylic acids is 1. The maximum Gasteiger partial charge on any atom is 0.410 e. The van der Waals surface area contributed by atoms with Crippen molar-refractivity contribution in [2.75, 3.05) is 7.05 Å². The maximum atomic E-state index is 12.0. The highest BCUT2D eigenvalue weighted by Gasteiger charge is 2.24. The minimum atomic E-state index is -0.960. The van der Waals surface area contributed by atoms with Gasteiger partial charge in [-0.3, -0.25) is 0 Å². The van der Waals surface area contributed by atoms with E-state index in [4.69, 9.17) is 4.74 Å². The molecule has 1 atom stereocenters. The van der Waals surface area contributed by atoms with Crippen LogP contribution in [0.4, 0.5) is 4.79 Å². The summed E-state index contributed by atoms with van der Waals surface area (Å²) in [5.74, 6) is -0.960. The summed E-state index contributed by atoms with van der Waals surface area (Å²) in [6, 6.07) is 6.65. The maximum absolute atomic E-state index is 12.0. The van der Waals surface area contributed by atoms with Crippen LogP contribution in [0.2, 0.25) is 0 Å². The van der Waals surface area contributed by atoms with Crippen LogP contribution in [-0.4, -0.2) is 40.8 Å². The van der Waals surface area contributed by atoms with Crippen molar-refractivity contribution in [2.24, 2.45) is 0 Å². The minimum absolute atomic E-state index is 0.166. The third kappa shape index (κ3) is 5.10. The summed E-state index contributed by atoms with van der Waals surface area (Å²) < 4.78 is 5.31. The highest BCUT2D eigenvalue weighted by Crippen LogP contribution is 2.16. The van der Waals surface area contributed by atoms with Crippen LogP contribution >= 0.6 is 0 Å². The quantitative estimate of drug-likeness (QED) is 0.925. The number of amides is 1. The lowest BCUT2D eigenvalue weighted by molar-refractivity contribution is 0.0236. The second-order valence-corrected chi connectivity index (χ2v) is 6.11. The Morgan fingerprint density at radius 2 is 1.86 bits per heavy atom. The molecule has 0 fully saturated rings. The first-order valence-electron chi connectivity index (χ1n) is 6.89. The van der Waals surface area contributed by atoms with Crippen molar-refractivity contribution in [3.05, 3.63) is 35.4 Å². The lowest BCUT2D eigenvalue weighted by atomic mass is 10.0. The van der Waals surface area contributed by atoms with Gasteiger partial charge in [-0.1, -0.05) is 18.2 Å². The van der Waals surface area contributed by atoms with Gasteiger partial charge < -0.3 is 14.7 Å². The Hall–Kier alpha value is -2.04. The molecule has 0 aliphatic rings. The predicted octanol–water partition coefficient (Wildman–Crippen LogP) is 3.18. The fourth-order valence-electron chi connectivity index (χ4n) is 1.88. The average molecular weight is 293 g/mol. The van der Waals surface area contributed by atoms with Crippen molar-refractivity contribution >= 4 is 12.1 Å². The van der Waals surface area contributed by atoms with Crippen LogP contribution in [0.15, 0.2) is 24.3 Å². The highest BCUT2D eigenvalue weighted by molar-refractivity contribution is 5.89. The third-order valence-corrected chi connectivity index (χ3v) is 3.11. The zero-order valence-corrected chi connectivity index (χ0v) is 13.2. The summed E-state index contributed by atoms with van der Waals surface area (Å²) in [4.78, 5) is 24.7. The summed E-state index contributed by atoms with van der Waals surface area (Å²) in [6.45, 7) is 7.29. The van der Waals surface area contributed by atoms with Gasteiger partial charge >= 0.3 is 12.1 Å². The molecule has 1 rings (SSSR count). The van der Waals surface area contributed by atoms with Crippen molar-refractivity contribution in [3.63, 3.8) is 0 Å². The molecule has 0 aliphatic heterocycles. The van der Waals surface area contributed by atoms with E-state index in [2.05, 4.69) is 0 Å². The normalized spacial score (nSPS) is 12.6. The van der Waals surface area contributed by atoms with Gasteiger partial charge in [0.05, 0.1) is 5.56 Å². The molecule has 1 N–H and O–H groups in total. The summed E-state index contributed by atoms with van der Waals surface area (Å²) in [7, 11) is 1.65. The van der Waals surface area contributed by atoms with Crippen LogP contribution in [0.1, 0.15) is 43.6 Å². The Morgan fingerprint density at radius 1 is 1.29 bits per heavy atom. The molecular formula is C16H23NO4. The second kappa shape index (κ2) is 6.61. The smallest absolute Gasteiger partial charge is 0.410 e. The van der Waals surface area contributed by atoms with Crippen LogP contribution in [0.25, 0.3) is 0 Å². The molecule has 1 amide bonds. The fourth-order valence-corrected chi connectivity index (χ4v) is 1.88. The van der Waals surface area contributed by atoms with E-state index in [9.17, 15) is 14.7 Å². The molecule has 0 radical (unpaired) electrons. The summed E-state index contributed by atoms with van der Waals surface area (Å²) >= 11 is 0. The van der Waals surface area contributed by atoms with Crippen molar-refractivity contribution in [1.29, 1.82) is 0 Å². The molecule has 21 heavy (non-hydrogen) atoms. The Bertz CT molecular complexity index is 519. The molecule has 0 saturated carbocycles. The van der Waals surface area contributed by atoms with Gasteiger partial charge in [-0.05, 0) is 45.7 Å². The van der Waals surface area contributed by atoms with Crippen molar-refractivity contribution in [3.8, 4) is 0 Å². The number of carboxylic acid groups (broad SMARTS) is 1. The first kappa shape index (κ1) is 17.0. The van der Waals surface area contributed by atoms with Gasteiger partial charge in [0.2, 0.25) is 0 Å². The zero-order valence-electron chi connectivity index (χ0n) is 13.2. The van der Waals surface area contributed by atoms with Crippen LogP contribution in [0.5, 0.6) is 0 Å². The van der Waals surface area contributed by atoms with Crippen LogP contribution < -0.4 is 0 Å². The Labute approximate surface area is 125 Å². The molecule has 0 aliphatic carbocycles. The Kier molecular flexibility index (Phi) is 5.35. The van der Waals surface area contributed by atoms with E-state index < -0.39 is 17.7 Å². The van der Waals surface area contributed by atoms with E-state index >= 15 is 0 Å². The number of likely N-dealkylation sites (N-methyl/N-ethyl adjacent to an activating group) is 1. The van der Waals surface area contributed by atoms with E-state index in [1.54, 1.807) is 31.3 Å². The first-order chi connectivity index (χ1) is 9.61. The topological polar surface area (TPSA) is 66.8 Å². The van der Waals surface area contributed by atoms with Crippen molar-refractivity contribution < 1.29 is 19.4 Å². The summed E-state index contributed by atoms with van der Waals surface area (Å²) in [5.41, 5.74) is 0.416. The number of ether oxygens (including phenoxy) is 1. The number of carbonyl (C=O) groups is 2. The highest BCUT2D eigenvalue weighted by atomic mass is 16.6. The number of carbonyl (C=O) groups excluding carboxylic acids is 1. The molecule has 5 heteroatoms.